The first kappa shape index (κ1) is 22.6. The second kappa shape index (κ2) is 9.12. The second-order valence-corrected chi connectivity index (χ2v) is 7.43. The second-order valence-electron chi connectivity index (χ2n) is 7.05. The van der Waals surface area contributed by atoms with Gasteiger partial charge in [-0.1, -0.05) is 35.9 Å². The van der Waals surface area contributed by atoms with E-state index < -0.39 is 33.5 Å². The van der Waals surface area contributed by atoms with Crippen LogP contribution in [0.2, 0.25) is 0 Å². The molecule has 4 rings (SSSR count). The number of hydrogen-bond acceptors (Lipinski definition) is 6. The first-order valence-corrected chi connectivity index (χ1v) is 10.1. The van der Waals surface area contributed by atoms with Crippen LogP contribution in [0.3, 0.4) is 0 Å². The maximum atomic E-state index is 14.1. The molecule has 34 heavy (non-hydrogen) atoms. The highest BCUT2D eigenvalue weighted by Crippen LogP contribution is 2.31. The molecule has 2 N–H and O–H groups in total. The van der Waals surface area contributed by atoms with Crippen LogP contribution in [0.4, 0.5) is 27.1 Å². The predicted molar refractivity (Wildman–Crippen MR) is 123 cm³/mol. The molecule has 0 spiro atoms. The first-order chi connectivity index (χ1) is 16.3. The summed E-state index contributed by atoms with van der Waals surface area (Å²) in [6.45, 7) is 0. The number of nitrogens with one attached hydrogen (secondary N) is 2. The van der Waals surface area contributed by atoms with Crippen molar-refractivity contribution in [2.45, 2.75) is 0 Å². The number of nitro groups is 1. The number of rotatable bonds is 6. The van der Waals surface area contributed by atoms with Crippen LogP contribution in [0, 0.1) is 15.9 Å². The number of benzene rings is 3. The third kappa shape index (κ3) is 4.34. The lowest BCUT2D eigenvalue weighted by atomic mass is 10.1. The van der Waals surface area contributed by atoms with Crippen molar-refractivity contribution in [2.75, 3.05) is 15.5 Å². The zero-order chi connectivity index (χ0) is 24.4. The van der Waals surface area contributed by atoms with Gasteiger partial charge in [0.25, 0.3) is 23.4 Å². The summed E-state index contributed by atoms with van der Waals surface area (Å²) in [5.41, 5.74) is -0.0462. The molecule has 0 atom stereocenters. The van der Waals surface area contributed by atoms with Gasteiger partial charge in [0.15, 0.2) is 0 Å². The van der Waals surface area contributed by atoms with Crippen LogP contribution in [0.1, 0.15) is 10.4 Å². The number of halogens is 2. The minimum atomic E-state index is -0.890. The molecule has 0 aromatic heterocycles. The van der Waals surface area contributed by atoms with E-state index in [2.05, 4.69) is 10.6 Å². The fraction of sp³-hybridized carbons (Fsp3) is 0. The SMILES string of the molecule is O=C(Nc1cccc([N+](=O)[O-])c1)c1cccc(NC2=C(Cl)C(=O)N(c3ccccc3F)C2=O)c1. The van der Waals surface area contributed by atoms with Crippen LogP contribution in [-0.2, 0) is 9.59 Å². The highest BCUT2D eigenvalue weighted by Gasteiger charge is 2.40. The molecule has 0 aliphatic carbocycles. The predicted octanol–water partition coefficient (Wildman–Crippen LogP) is 4.42. The number of nitro benzene ring substituents is 1. The van der Waals surface area contributed by atoms with Gasteiger partial charge < -0.3 is 10.6 Å². The Morgan fingerprint density at radius 1 is 0.941 bits per heavy atom. The average molecular weight is 481 g/mol. The van der Waals surface area contributed by atoms with Crippen LogP contribution in [0.5, 0.6) is 0 Å². The summed E-state index contributed by atoms with van der Waals surface area (Å²) in [4.78, 5) is 48.9. The van der Waals surface area contributed by atoms with Crippen molar-refractivity contribution < 1.29 is 23.7 Å². The Bertz CT molecular complexity index is 1390. The van der Waals surface area contributed by atoms with Gasteiger partial charge in [0, 0.05) is 29.1 Å². The molecule has 3 amide bonds. The molecule has 3 aromatic carbocycles. The van der Waals surface area contributed by atoms with E-state index in [1.54, 1.807) is 0 Å². The van der Waals surface area contributed by atoms with Crippen LogP contribution in [0.15, 0.2) is 83.5 Å². The molecule has 0 unspecified atom stereocenters. The summed E-state index contributed by atoms with van der Waals surface area (Å²) >= 11 is 6.07. The molecule has 0 fully saturated rings. The number of nitrogens with zero attached hydrogens (tertiary/aromatic N) is 2. The van der Waals surface area contributed by atoms with E-state index in [-0.39, 0.29) is 34.0 Å². The lowest BCUT2D eigenvalue weighted by Gasteiger charge is -2.15. The zero-order valence-electron chi connectivity index (χ0n) is 17.1. The molecule has 9 nitrogen and oxygen atoms in total. The van der Waals surface area contributed by atoms with Gasteiger partial charge in [0.05, 0.1) is 10.6 Å². The van der Waals surface area contributed by atoms with Crippen molar-refractivity contribution in [3.8, 4) is 0 Å². The molecule has 0 bridgehead atoms. The fourth-order valence-electron chi connectivity index (χ4n) is 3.25. The molecule has 1 heterocycles. The van der Waals surface area contributed by atoms with E-state index in [4.69, 9.17) is 11.6 Å². The first-order valence-electron chi connectivity index (χ1n) is 9.72. The van der Waals surface area contributed by atoms with Crippen LogP contribution in [-0.4, -0.2) is 22.6 Å². The molecule has 1 aliphatic rings. The minimum absolute atomic E-state index is 0.163. The van der Waals surface area contributed by atoms with E-state index in [1.807, 2.05) is 0 Å². The van der Waals surface area contributed by atoms with Gasteiger partial charge in [-0.05, 0) is 36.4 Å². The standard InChI is InChI=1S/C23H14ClFN4O5/c24-19-20(23(32)28(22(19)31)18-10-2-1-9-17(18)25)26-14-6-3-5-13(11-14)21(30)27-15-7-4-8-16(12-15)29(33)34/h1-12,26H,(H,27,30). The molecule has 0 radical (unpaired) electrons. The van der Waals surface area contributed by atoms with Gasteiger partial charge in [-0.25, -0.2) is 9.29 Å². The van der Waals surface area contributed by atoms with Crippen LogP contribution < -0.4 is 15.5 Å². The topological polar surface area (TPSA) is 122 Å². The van der Waals surface area contributed by atoms with E-state index in [9.17, 15) is 28.9 Å². The number of imide groups is 1. The number of carbonyl (C=O) groups excluding carboxylic acids is 3. The normalized spacial score (nSPS) is 13.3. The van der Waals surface area contributed by atoms with Crippen molar-refractivity contribution in [2.24, 2.45) is 0 Å². The summed E-state index contributed by atoms with van der Waals surface area (Å²) < 4.78 is 14.1. The molecular weight excluding hydrogens is 467 g/mol. The number of amides is 3. The Morgan fingerprint density at radius 2 is 1.65 bits per heavy atom. The van der Waals surface area contributed by atoms with E-state index in [0.29, 0.717) is 4.90 Å². The molecular formula is C23H14ClFN4O5. The van der Waals surface area contributed by atoms with E-state index in [1.165, 1.54) is 66.7 Å². The highest BCUT2D eigenvalue weighted by atomic mass is 35.5. The number of hydrogen-bond donors (Lipinski definition) is 2. The highest BCUT2D eigenvalue weighted by molar-refractivity contribution is 6.53. The average Bonchev–Trinajstić information content (AvgIpc) is 3.03. The number of anilines is 3. The Labute approximate surface area is 196 Å². The summed E-state index contributed by atoms with van der Waals surface area (Å²) in [5.74, 6) is -3.08. The van der Waals surface area contributed by atoms with Crippen molar-refractivity contribution in [3.05, 3.63) is 105 Å². The third-order valence-corrected chi connectivity index (χ3v) is 5.18. The van der Waals surface area contributed by atoms with Gasteiger partial charge in [-0.2, -0.15) is 0 Å². The lowest BCUT2D eigenvalue weighted by Crippen LogP contribution is -2.33. The quantitative estimate of drug-likeness (QED) is 0.306. The summed E-state index contributed by atoms with van der Waals surface area (Å²) in [6.07, 6.45) is 0. The van der Waals surface area contributed by atoms with E-state index >= 15 is 0 Å². The summed E-state index contributed by atoms with van der Waals surface area (Å²) in [7, 11) is 0. The minimum Gasteiger partial charge on any atom is -0.350 e. The molecule has 1 aliphatic heterocycles. The van der Waals surface area contributed by atoms with E-state index in [0.717, 1.165) is 6.07 Å². The van der Waals surface area contributed by atoms with Gasteiger partial charge in [-0.3, -0.25) is 24.5 Å². The van der Waals surface area contributed by atoms with Gasteiger partial charge in [0.1, 0.15) is 16.5 Å². The molecule has 170 valence electrons. The van der Waals surface area contributed by atoms with Crippen molar-refractivity contribution in [3.63, 3.8) is 0 Å². The third-order valence-electron chi connectivity index (χ3n) is 4.83. The smallest absolute Gasteiger partial charge is 0.283 e. The monoisotopic (exact) mass is 480 g/mol. The maximum Gasteiger partial charge on any atom is 0.283 e. The largest absolute Gasteiger partial charge is 0.350 e. The zero-order valence-corrected chi connectivity index (χ0v) is 17.9. The van der Waals surface area contributed by atoms with Crippen LogP contribution >= 0.6 is 11.6 Å². The molecule has 11 heteroatoms. The number of para-hydroxylation sites is 1. The molecule has 0 saturated carbocycles. The maximum absolute atomic E-state index is 14.1. The van der Waals surface area contributed by atoms with Crippen molar-refractivity contribution in [1.29, 1.82) is 0 Å². The Balaban J connectivity index is 1.54. The summed E-state index contributed by atoms with van der Waals surface area (Å²) in [5, 5.41) is 15.8. The van der Waals surface area contributed by atoms with Crippen molar-refractivity contribution >= 4 is 52.1 Å². The van der Waals surface area contributed by atoms with Crippen molar-refractivity contribution in [1.82, 2.24) is 0 Å². The Hall–Kier alpha value is -4.57. The van der Waals surface area contributed by atoms with Gasteiger partial charge >= 0.3 is 0 Å². The number of carbonyl (C=O) groups is 3. The summed E-state index contributed by atoms with van der Waals surface area (Å²) in [6, 6.07) is 16.7. The fourth-order valence-corrected chi connectivity index (χ4v) is 3.46. The molecule has 3 aromatic rings. The van der Waals surface area contributed by atoms with Crippen LogP contribution in [0.25, 0.3) is 0 Å². The lowest BCUT2D eigenvalue weighted by molar-refractivity contribution is -0.384. The Kier molecular flexibility index (Phi) is 6.07. The molecule has 0 saturated heterocycles. The Morgan fingerprint density at radius 3 is 2.38 bits per heavy atom. The van der Waals surface area contributed by atoms with Gasteiger partial charge in [0.2, 0.25) is 0 Å². The van der Waals surface area contributed by atoms with Gasteiger partial charge in [-0.15, -0.1) is 0 Å². The number of non-ortho nitro benzene ring substituents is 1.